The summed E-state index contributed by atoms with van der Waals surface area (Å²) in [5.74, 6) is 1.86. The molecular weight excluding hydrogens is 456 g/mol. The fourth-order valence-corrected chi connectivity index (χ4v) is 4.59. The predicted molar refractivity (Wildman–Crippen MR) is 103 cm³/mol. The van der Waals surface area contributed by atoms with E-state index in [0.29, 0.717) is 5.16 Å². The van der Waals surface area contributed by atoms with Crippen LogP contribution in [-0.2, 0) is 11.2 Å². The van der Waals surface area contributed by atoms with Gasteiger partial charge in [-0.15, -0.1) is 5.10 Å². The number of halogens is 2. The molecule has 1 fully saturated rings. The van der Waals surface area contributed by atoms with Gasteiger partial charge in [0.25, 0.3) is 0 Å². The van der Waals surface area contributed by atoms with Gasteiger partial charge < -0.3 is 5.32 Å². The van der Waals surface area contributed by atoms with Crippen LogP contribution in [-0.4, -0.2) is 26.8 Å². The number of benzene rings is 1. The van der Waals surface area contributed by atoms with Gasteiger partial charge in [0.15, 0.2) is 0 Å². The topological polar surface area (TPSA) is 70.7 Å². The van der Waals surface area contributed by atoms with Crippen LogP contribution in [0, 0.1) is 5.92 Å². The Bertz CT molecular complexity index is 716. The molecule has 0 saturated heterocycles. The lowest BCUT2D eigenvalue weighted by atomic mass is 10.0. The van der Waals surface area contributed by atoms with E-state index in [0.717, 1.165) is 32.8 Å². The van der Waals surface area contributed by atoms with Crippen molar-refractivity contribution >= 4 is 55.2 Å². The third-order valence-electron chi connectivity index (χ3n) is 4.01. The lowest BCUT2D eigenvalue weighted by Crippen LogP contribution is -2.14. The van der Waals surface area contributed by atoms with Crippen molar-refractivity contribution in [1.82, 2.24) is 15.2 Å². The van der Waals surface area contributed by atoms with Crippen molar-refractivity contribution in [3.8, 4) is 0 Å². The molecule has 1 aliphatic rings. The Morgan fingerprint density at radius 3 is 2.88 bits per heavy atom. The van der Waals surface area contributed by atoms with Gasteiger partial charge in [-0.05, 0) is 40.0 Å². The normalized spacial score (nSPS) is 14.9. The average molecular weight is 474 g/mol. The summed E-state index contributed by atoms with van der Waals surface area (Å²) in [6.07, 6.45) is 6.19. The highest BCUT2D eigenvalue weighted by Gasteiger charge is 2.17. The molecule has 1 aromatic carbocycles. The maximum atomic E-state index is 12.1. The zero-order valence-electron chi connectivity index (χ0n) is 13.0. The fraction of sp³-hybridized carbons (Fsp3) is 0.438. The number of nitrogens with zero attached hydrogens (tertiary/aromatic N) is 2. The first-order valence-corrected chi connectivity index (χ1v) is 10.5. The maximum Gasteiger partial charge on any atom is 0.234 e. The molecule has 0 radical (unpaired) electrons. The van der Waals surface area contributed by atoms with Gasteiger partial charge in [0.05, 0.1) is 11.4 Å². The molecule has 5 nitrogen and oxygen atoms in total. The largest absolute Gasteiger partial charge is 0.324 e. The molecule has 1 heterocycles. The second kappa shape index (κ2) is 8.49. The van der Waals surface area contributed by atoms with Gasteiger partial charge in [0.1, 0.15) is 5.82 Å². The van der Waals surface area contributed by atoms with E-state index in [4.69, 9.17) is 0 Å². The van der Waals surface area contributed by atoms with E-state index in [9.17, 15) is 4.79 Å². The number of anilines is 1. The van der Waals surface area contributed by atoms with E-state index in [1.54, 1.807) is 0 Å². The number of hydrogen-bond acceptors (Lipinski definition) is 4. The Balaban J connectivity index is 1.48. The van der Waals surface area contributed by atoms with Crippen LogP contribution in [0.1, 0.15) is 31.5 Å². The van der Waals surface area contributed by atoms with Gasteiger partial charge in [0, 0.05) is 15.4 Å². The Labute approximate surface area is 162 Å². The summed E-state index contributed by atoms with van der Waals surface area (Å²) in [5.41, 5.74) is 0.751. The number of amides is 1. The number of nitrogens with one attached hydrogen (secondary N) is 2. The van der Waals surface area contributed by atoms with E-state index in [-0.39, 0.29) is 11.7 Å². The first kappa shape index (κ1) is 17.9. The Hall–Kier alpha value is -0.860. The zero-order valence-corrected chi connectivity index (χ0v) is 17.0. The second-order valence-electron chi connectivity index (χ2n) is 5.88. The number of aromatic amines is 1. The summed E-state index contributed by atoms with van der Waals surface area (Å²) in [5, 5.41) is 10.7. The SMILES string of the molecule is O=C(CSc1n[nH]c(CC2CCCC2)n1)Nc1ccc(Br)cc1Br. The molecule has 1 saturated carbocycles. The number of thioether (sulfide) groups is 1. The second-order valence-corrected chi connectivity index (χ2v) is 8.59. The monoisotopic (exact) mass is 472 g/mol. The lowest BCUT2D eigenvalue weighted by Gasteiger charge is -2.06. The first-order valence-electron chi connectivity index (χ1n) is 7.89. The van der Waals surface area contributed by atoms with Crippen molar-refractivity contribution in [2.24, 2.45) is 5.92 Å². The molecule has 1 aliphatic carbocycles. The van der Waals surface area contributed by atoms with Crippen LogP contribution in [0.5, 0.6) is 0 Å². The smallest absolute Gasteiger partial charge is 0.234 e. The quantitative estimate of drug-likeness (QED) is 0.591. The zero-order chi connectivity index (χ0) is 16.9. The van der Waals surface area contributed by atoms with Crippen LogP contribution in [0.3, 0.4) is 0 Å². The van der Waals surface area contributed by atoms with E-state index in [1.807, 2.05) is 18.2 Å². The minimum atomic E-state index is -0.0786. The highest BCUT2D eigenvalue weighted by molar-refractivity contribution is 9.11. The standard InChI is InChI=1S/C16H18Br2N4OS/c17-11-5-6-13(12(18)8-11)19-15(23)9-24-16-20-14(21-22-16)7-10-3-1-2-4-10/h5-6,8,10H,1-4,7,9H2,(H,19,23)(H,20,21,22). The summed E-state index contributed by atoms with van der Waals surface area (Å²) < 4.78 is 1.80. The molecule has 128 valence electrons. The van der Waals surface area contributed by atoms with Crippen molar-refractivity contribution in [3.63, 3.8) is 0 Å². The van der Waals surface area contributed by atoms with Crippen molar-refractivity contribution in [3.05, 3.63) is 33.0 Å². The van der Waals surface area contributed by atoms with Gasteiger partial charge in [-0.2, -0.15) is 0 Å². The molecule has 24 heavy (non-hydrogen) atoms. The molecule has 0 atom stereocenters. The molecule has 2 aromatic rings. The number of hydrogen-bond donors (Lipinski definition) is 2. The Morgan fingerprint density at radius 1 is 1.33 bits per heavy atom. The molecule has 2 N–H and O–H groups in total. The number of rotatable bonds is 6. The number of carbonyl (C=O) groups is 1. The van der Waals surface area contributed by atoms with Crippen LogP contribution >= 0.6 is 43.6 Å². The van der Waals surface area contributed by atoms with E-state index in [2.05, 4.69) is 52.4 Å². The lowest BCUT2D eigenvalue weighted by molar-refractivity contribution is -0.113. The third kappa shape index (κ3) is 5.07. The summed E-state index contributed by atoms with van der Waals surface area (Å²) in [6.45, 7) is 0. The fourth-order valence-electron chi connectivity index (χ4n) is 2.83. The highest BCUT2D eigenvalue weighted by atomic mass is 79.9. The van der Waals surface area contributed by atoms with E-state index in [1.165, 1.54) is 37.4 Å². The molecular formula is C16H18Br2N4OS. The van der Waals surface area contributed by atoms with Crippen LogP contribution in [0.25, 0.3) is 0 Å². The van der Waals surface area contributed by atoms with E-state index < -0.39 is 0 Å². The molecule has 1 aromatic heterocycles. The minimum Gasteiger partial charge on any atom is -0.324 e. The summed E-state index contributed by atoms with van der Waals surface area (Å²) >= 11 is 8.17. The minimum absolute atomic E-state index is 0.0786. The maximum absolute atomic E-state index is 12.1. The van der Waals surface area contributed by atoms with Gasteiger partial charge in [-0.1, -0.05) is 53.4 Å². The summed E-state index contributed by atoms with van der Waals surface area (Å²) in [6, 6.07) is 5.63. The summed E-state index contributed by atoms with van der Waals surface area (Å²) in [7, 11) is 0. The Morgan fingerprint density at radius 2 is 2.12 bits per heavy atom. The third-order valence-corrected chi connectivity index (χ3v) is 6.00. The molecule has 1 amide bonds. The Kier molecular flexibility index (Phi) is 6.35. The molecule has 3 rings (SSSR count). The van der Waals surface area contributed by atoms with Crippen molar-refractivity contribution in [1.29, 1.82) is 0 Å². The van der Waals surface area contributed by atoms with Crippen molar-refractivity contribution < 1.29 is 4.79 Å². The first-order chi connectivity index (χ1) is 11.6. The molecule has 0 unspecified atom stereocenters. The van der Waals surface area contributed by atoms with Gasteiger partial charge in [-0.3, -0.25) is 9.89 Å². The van der Waals surface area contributed by atoms with Gasteiger partial charge >= 0.3 is 0 Å². The van der Waals surface area contributed by atoms with Crippen LogP contribution in [0.4, 0.5) is 5.69 Å². The molecule has 0 spiro atoms. The van der Waals surface area contributed by atoms with Crippen LogP contribution in [0.15, 0.2) is 32.3 Å². The van der Waals surface area contributed by atoms with Crippen molar-refractivity contribution in [2.45, 2.75) is 37.3 Å². The molecule has 0 bridgehead atoms. The number of aromatic nitrogens is 3. The highest BCUT2D eigenvalue weighted by Crippen LogP contribution is 2.28. The predicted octanol–water partition coefficient (Wildman–Crippen LogP) is 4.79. The summed E-state index contributed by atoms with van der Waals surface area (Å²) in [4.78, 5) is 16.6. The van der Waals surface area contributed by atoms with Crippen molar-refractivity contribution in [2.75, 3.05) is 11.1 Å². The number of carbonyl (C=O) groups excluding carboxylic acids is 1. The average Bonchev–Trinajstić information content (AvgIpc) is 3.20. The van der Waals surface area contributed by atoms with Gasteiger partial charge in [-0.25, -0.2) is 4.98 Å². The van der Waals surface area contributed by atoms with Crippen LogP contribution < -0.4 is 5.32 Å². The van der Waals surface area contributed by atoms with Crippen LogP contribution in [0.2, 0.25) is 0 Å². The molecule has 0 aliphatic heterocycles. The molecule has 8 heteroatoms. The van der Waals surface area contributed by atoms with E-state index >= 15 is 0 Å². The van der Waals surface area contributed by atoms with Gasteiger partial charge in [0.2, 0.25) is 11.1 Å². The number of H-pyrrole nitrogens is 1.